The Labute approximate surface area is 175 Å². The van der Waals surface area contributed by atoms with Crippen molar-refractivity contribution < 1.29 is 19.1 Å². The predicted octanol–water partition coefficient (Wildman–Crippen LogP) is 3.46. The van der Waals surface area contributed by atoms with E-state index in [1.807, 2.05) is 31.2 Å². The molecule has 0 radical (unpaired) electrons. The van der Waals surface area contributed by atoms with E-state index in [1.54, 1.807) is 23.1 Å². The second kappa shape index (κ2) is 9.65. The van der Waals surface area contributed by atoms with Crippen LogP contribution in [0, 0.1) is 6.92 Å². The molecule has 0 saturated carbocycles. The Morgan fingerprint density at radius 2 is 1.83 bits per heavy atom. The molecule has 6 nitrogen and oxygen atoms in total. The van der Waals surface area contributed by atoms with Crippen molar-refractivity contribution in [2.45, 2.75) is 25.8 Å². The van der Waals surface area contributed by atoms with Gasteiger partial charge in [-0.3, -0.25) is 9.59 Å². The zero-order valence-corrected chi connectivity index (χ0v) is 17.4. The van der Waals surface area contributed by atoms with E-state index in [4.69, 9.17) is 21.1 Å². The van der Waals surface area contributed by atoms with Gasteiger partial charge in [-0.25, -0.2) is 0 Å². The van der Waals surface area contributed by atoms with Gasteiger partial charge in [0.05, 0.1) is 12.7 Å². The molecule has 2 amide bonds. The predicted molar refractivity (Wildman–Crippen MR) is 112 cm³/mol. The number of benzene rings is 2. The third kappa shape index (κ3) is 5.64. The van der Waals surface area contributed by atoms with E-state index in [2.05, 4.69) is 5.32 Å². The summed E-state index contributed by atoms with van der Waals surface area (Å²) in [5.74, 6) is 0.887. The van der Waals surface area contributed by atoms with Gasteiger partial charge >= 0.3 is 0 Å². The Hall–Kier alpha value is -2.73. The lowest BCUT2D eigenvalue weighted by atomic mass is 10.0. The second-order valence-electron chi connectivity index (χ2n) is 7.07. The number of piperidine rings is 1. The van der Waals surface area contributed by atoms with Crippen LogP contribution in [0.3, 0.4) is 0 Å². The number of carbonyl (C=O) groups excluding carboxylic acids is 2. The number of ether oxygens (including phenoxy) is 2. The lowest BCUT2D eigenvalue weighted by Gasteiger charge is -2.32. The number of hydrogen-bond acceptors (Lipinski definition) is 4. The summed E-state index contributed by atoms with van der Waals surface area (Å²) in [5, 5.41) is 3.49. The van der Waals surface area contributed by atoms with Crippen LogP contribution >= 0.6 is 11.6 Å². The number of amides is 2. The average Bonchev–Trinajstić information content (AvgIpc) is 2.73. The van der Waals surface area contributed by atoms with Gasteiger partial charge in [-0.15, -0.1) is 0 Å². The van der Waals surface area contributed by atoms with Crippen molar-refractivity contribution >= 4 is 23.4 Å². The van der Waals surface area contributed by atoms with Gasteiger partial charge in [0.15, 0.2) is 6.61 Å². The maximum atomic E-state index is 12.6. The SMILES string of the molecule is COc1ccc(Cl)cc1C(=O)NC1CCN(C(=O)COc2ccc(C)cc2)CC1. The van der Waals surface area contributed by atoms with Gasteiger partial charge in [-0.05, 0) is 50.1 Å². The first-order valence-electron chi connectivity index (χ1n) is 9.58. The number of aryl methyl sites for hydroxylation is 1. The van der Waals surface area contributed by atoms with Crippen molar-refractivity contribution in [3.05, 3.63) is 58.6 Å². The van der Waals surface area contributed by atoms with Gasteiger partial charge in [0.1, 0.15) is 11.5 Å². The molecule has 3 rings (SSSR count). The lowest BCUT2D eigenvalue weighted by Crippen LogP contribution is -2.47. The highest BCUT2D eigenvalue weighted by Crippen LogP contribution is 2.23. The van der Waals surface area contributed by atoms with Gasteiger partial charge < -0.3 is 19.7 Å². The van der Waals surface area contributed by atoms with Crippen molar-refractivity contribution in [3.8, 4) is 11.5 Å². The average molecular weight is 417 g/mol. The lowest BCUT2D eigenvalue weighted by molar-refractivity contribution is -0.134. The maximum Gasteiger partial charge on any atom is 0.260 e. The molecule has 1 saturated heterocycles. The molecule has 1 aliphatic rings. The molecular weight excluding hydrogens is 392 g/mol. The Morgan fingerprint density at radius 3 is 2.48 bits per heavy atom. The molecular formula is C22H25ClN2O4. The summed E-state index contributed by atoms with van der Waals surface area (Å²) in [6.07, 6.45) is 1.37. The van der Waals surface area contributed by atoms with E-state index in [9.17, 15) is 9.59 Å². The fourth-order valence-electron chi connectivity index (χ4n) is 3.26. The van der Waals surface area contributed by atoms with Crippen LogP contribution in [-0.2, 0) is 4.79 Å². The highest BCUT2D eigenvalue weighted by molar-refractivity contribution is 6.31. The normalized spacial score (nSPS) is 14.4. The van der Waals surface area contributed by atoms with Gasteiger partial charge in [0.25, 0.3) is 11.8 Å². The number of hydrogen-bond donors (Lipinski definition) is 1. The van der Waals surface area contributed by atoms with Crippen LogP contribution in [0.4, 0.5) is 0 Å². The van der Waals surface area contributed by atoms with Crippen molar-refractivity contribution in [1.82, 2.24) is 10.2 Å². The summed E-state index contributed by atoms with van der Waals surface area (Å²) in [5.41, 5.74) is 1.55. The van der Waals surface area contributed by atoms with Crippen LogP contribution in [0.1, 0.15) is 28.8 Å². The summed E-state index contributed by atoms with van der Waals surface area (Å²) < 4.78 is 10.8. The fraction of sp³-hybridized carbons (Fsp3) is 0.364. The summed E-state index contributed by atoms with van der Waals surface area (Å²) in [4.78, 5) is 26.8. The molecule has 1 aliphatic heterocycles. The molecule has 2 aromatic rings. The number of nitrogens with zero attached hydrogens (tertiary/aromatic N) is 1. The smallest absolute Gasteiger partial charge is 0.260 e. The molecule has 7 heteroatoms. The highest BCUT2D eigenvalue weighted by Gasteiger charge is 2.25. The minimum atomic E-state index is -0.225. The summed E-state index contributed by atoms with van der Waals surface area (Å²) in [7, 11) is 1.52. The topological polar surface area (TPSA) is 67.9 Å². The van der Waals surface area contributed by atoms with Crippen LogP contribution in [-0.4, -0.2) is 49.6 Å². The van der Waals surface area contributed by atoms with E-state index in [0.29, 0.717) is 48.0 Å². The van der Waals surface area contributed by atoms with E-state index < -0.39 is 0 Å². The quantitative estimate of drug-likeness (QED) is 0.783. The molecule has 2 aromatic carbocycles. The molecule has 0 unspecified atom stereocenters. The zero-order valence-electron chi connectivity index (χ0n) is 16.6. The number of methoxy groups -OCH3 is 1. The number of nitrogens with one attached hydrogen (secondary N) is 1. The van der Waals surface area contributed by atoms with Gasteiger partial charge in [-0.2, -0.15) is 0 Å². The number of likely N-dealkylation sites (tertiary alicyclic amines) is 1. The summed E-state index contributed by atoms with van der Waals surface area (Å²) >= 11 is 6.00. The molecule has 0 spiro atoms. The van der Waals surface area contributed by atoms with Gasteiger partial charge in [0.2, 0.25) is 0 Å². The van der Waals surface area contributed by atoms with Crippen LogP contribution in [0.15, 0.2) is 42.5 Å². The van der Waals surface area contributed by atoms with Gasteiger partial charge in [0, 0.05) is 24.2 Å². The van der Waals surface area contributed by atoms with Gasteiger partial charge in [-0.1, -0.05) is 29.3 Å². The monoisotopic (exact) mass is 416 g/mol. The standard InChI is InChI=1S/C22H25ClN2O4/c1-15-3-6-18(7-4-15)29-14-21(26)25-11-9-17(10-12-25)24-22(27)19-13-16(23)5-8-20(19)28-2/h3-8,13,17H,9-12,14H2,1-2H3,(H,24,27). The maximum absolute atomic E-state index is 12.6. The number of carbonyl (C=O) groups is 2. The largest absolute Gasteiger partial charge is 0.496 e. The summed E-state index contributed by atoms with van der Waals surface area (Å²) in [6.45, 7) is 3.17. The molecule has 1 heterocycles. The molecule has 0 aromatic heterocycles. The molecule has 0 atom stereocenters. The molecule has 154 valence electrons. The van der Waals surface area contributed by atoms with Crippen LogP contribution in [0.5, 0.6) is 11.5 Å². The summed E-state index contributed by atoms with van der Waals surface area (Å²) in [6, 6.07) is 12.5. The second-order valence-corrected chi connectivity index (χ2v) is 7.51. The fourth-order valence-corrected chi connectivity index (χ4v) is 3.44. The molecule has 0 aliphatic carbocycles. The van der Waals surface area contributed by atoms with Crippen LogP contribution < -0.4 is 14.8 Å². The minimum absolute atomic E-state index is 0.00625. The van der Waals surface area contributed by atoms with Crippen LogP contribution in [0.2, 0.25) is 5.02 Å². The van der Waals surface area contributed by atoms with Crippen molar-refractivity contribution in [1.29, 1.82) is 0 Å². The van der Waals surface area contributed by atoms with Crippen LogP contribution in [0.25, 0.3) is 0 Å². The van der Waals surface area contributed by atoms with Crippen molar-refractivity contribution in [2.24, 2.45) is 0 Å². The molecule has 1 fully saturated rings. The highest BCUT2D eigenvalue weighted by atomic mass is 35.5. The third-order valence-electron chi connectivity index (χ3n) is 4.97. The Morgan fingerprint density at radius 1 is 1.14 bits per heavy atom. The third-order valence-corrected chi connectivity index (χ3v) is 5.21. The molecule has 29 heavy (non-hydrogen) atoms. The first-order valence-corrected chi connectivity index (χ1v) is 9.95. The van der Waals surface area contributed by atoms with E-state index in [-0.39, 0.29) is 24.5 Å². The Balaban J connectivity index is 1.47. The number of rotatable bonds is 6. The zero-order chi connectivity index (χ0) is 20.8. The number of halogens is 1. The van der Waals surface area contributed by atoms with Crippen molar-refractivity contribution in [2.75, 3.05) is 26.8 Å². The Bertz CT molecular complexity index is 862. The van der Waals surface area contributed by atoms with Crippen molar-refractivity contribution in [3.63, 3.8) is 0 Å². The van der Waals surface area contributed by atoms with E-state index in [1.165, 1.54) is 7.11 Å². The van der Waals surface area contributed by atoms with E-state index >= 15 is 0 Å². The first-order chi connectivity index (χ1) is 14.0. The minimum Gasteiger partial charge on any atom is -0.496 e. The molecule has 1 N–H and O–H groups in total. The first kappa shape index (κ1) is 21.0. The van der Waals surface area contributed by atoms with E-state index in [0.717, 1.165) is 5.56 Å². The Kier molecular flexibility index (Phi) is 6.99. The molecule has 0 bridgehead atoms.